The van der Waals surface area contributed by atoms with Crippen LogP contribution in [0.2, 0.25) is 0 Å². The molecule has 8 aliphatic rings. The van der Waals surface area contributed by atoms with Gasteiger partial charge in [-0.25, -0.2) is 0 Å². The molecule has 0 heteroatoms. The zero-order valence-electron chi connectivity index (χ0n) is 25.7. The summed E-state index contributed by atoms with van der Waals surface area (Å²) in [6.45, 7) is 0. The van der Waals surface area contributed by atoms with Gasteiger partial charge < -0.3 is 0 Å². The Kier molecular flexibility index (Phi) is 3.55. The molecule has 216 valence electrons. The fraction of sp³-hybridized carbons (Fsp3) is 0.261. The third kappa shape index (κ3) is 2.31. The Labute approximate surface area is 269 Å². The summed E-state index contributed by atoms with van der Waals surface area (Å²) in [5.41, 5.74) is 26.3. The molecule has 0 amide bonds. The van der Waals surface area contributed by atoms with Gasteiger partial charge in [-0.15, -0.1) is 0 Å². The van der Waals surface area contributed by atoms with E-state index in [0.717, 1.165) is 6.42 Å². The molecule has 8 bridgehead atoms. The lowest BCUT2D eigenvalue weighted by Gasteiger charge is -2.43. The Hall–Kier alpha value is -4.42. The molecule has 0 nitrogen and oxygen atoms in total. The highest BCUT2D eigenvalue weighted by molar-refractivity contribution is 5.90. The molecule has 1 spiro atoms. The summed E-state index contributed by atoms with van der Waals surface area (Å²) in [5.74, 6) is 3.46. The first kappa shape index (κ1) is 23.0. The monoisotopic (exact) mass is 584 g/mol. The van der Waals surface area contributed by atoms with Crippen molar-refractivity contribution in [3.8, 4) is 0 Å². The van der Waals surface area contributed by atoms with E-state index >= 15 is 0 Å². The van der Waals surface area contributed by atoms with Gasteiger partial charge in [-0.3, -0.25) is 0 Å². The van der Waals surface area contributed by atoms with Crippen molar-refractivity contribution in [1.29, 1.82) is 0 Å². The summed E-state index contributed by atoms with van der Waals surface area (Å²) < 4.78 is 0. The number of rotatable bonds is 0. The number of hydrogen-bond donors (Lipinski definition) is 0. The lowest BCUT2D eigenvalue weighted by Crippen LogP contribution is -2.33. The summed E-state index contributed by atoms with van der Waals surface area (Å²) in [4.78, 5) is 0. The molecule has 14 rings (SSSR count). The van der Waals surface area contributed by atoms with Gasteiger partial charge in [0.2, 0.25) is 0 Å². The van der Waals surface area contributed by atoms with E-state index in [0.29, 0.717) is 35.5 Å². The first-order valence-corrected chi connectivity index (χ1v) is 17.9. The molecule has 0 aliphatic heterocycles. The van der Waals surface area contributed by atoms with Crippen molar-refractivity contribution in [2.75, 3.05) is 0 Å². The Morgan fingerprint density at radius 3 is 1.57 bits per heavy atom. The van der Waals surface area contributed by atoms with Gasteiger partial charge in [-0.1, -0.05) is 91.0 Å². The van der Waals surface area contributed by atoms with E-state index in [1.165, 1.54) is 36.5 Å². The Bertz CT molecular complexity index is 2510. The summed E-state index contributed by atoms with van der Waals surface area (Å²) in [6, 6.07) is 39.9. The third-order valence-corrected chi connectivity index (χ3v) is 14.8. The zero-order valence-corrected chi connectivity index (χ0v) is 25.7. The molecule has 0 heterocycles. The van der Waals surface area contributed by atoms with Gasteiger partial charge in [0.15, 0.2) is 0 Å². The lowest BCUT2D eigenvalue weighted by atomic mass is 9.60. The average Bonchev–Trinajstić information content (AvgIpc) is 3.93. The molecule has 7 atom stereocenters. The summed E-state index contributed by atoms with van der Waals surface area (Å²) in [7, 11) is 0. The van der Waals surface area contributed by atoms with Crippen LogP contribution in [0.4, 0.5) is 0 Å². The average molecular weight is 585 g/mol. The highest BCUT2D eigenvalue weighted by Crippen LogP contribution is 2.68. The fourth-order valence-corrected chi connectivity index (χ4v) is 13.1. The van der Waals surface area contributed by atoms with Crippen LogP contribution < -0.4 is 0 Å². The number of fused-ring (bicyclic) bond motifs is 23. The van der Waals surface area contributed by atoms with Crippen LogP contribution in [0.5, 0.6) is 0 Å². The Morgan fingerprint density at radius 1 is 0.370 bits per heavy atom. The van der Waals surface area contributed by atoms with Crippen LogP contribution in [0.25, 0.3) is 10.8 Å². The second-order valence-electron chi connectivity index (χ2n) is 16.3. The van der Waals surface area contributed by atoms with Gasteiger partial charge in [0.1, 0.15) is 0 Å². The first-order chi connectivity index (χ1) is 22.7. The lowest BCUT2D eigenvalue weighted by molar-refractivity contribution is 0.440. The first-order valence-electron chi connectivity index (χ1n) is 17.9. The number of benzene rings is 6. The van der Waals surface area contributed by atoms with Crippen molar-refractivity contribution in [3.63, 3.8) is 0 Å². The van der Waals surface area contributed by atoms with Gasteiger partial charge in [-0.05, 0) is 138 Å². The molecular formula is C46H32. The topological polar surface area (TPSA) is 0 Å². The number of hydrogen-bond acceptors (Lipinski definition) is 0. The van der Waals surface area contributed by atoms with Crippen molar-refractivity contribution in [2.24, 2.45) is 0 Å². The van der Waals surface area contributed by atoms with Gasteiger partial charge in [-0.2, -0.15) is 0 Å². The van der Waals surface area contributed by atoms with Crippen molar-refractivity contribution in [3.05, 3.63) is 186 Å². The standard InChI is InChI=1S/C46H32/c1-2-6-26-22(5-1)9-25-13-41-43-21-46(20-42(26)29(25)19-45(41)46)44-14-24-11-31-30(10-23(24)12-40(43)44)34-16-35(31)39-18-37-33-15-32(36(37)17-38(34)39)27-7-3-4-8-28(27)33/h1-8,10-14,17-19,32-35,42-43H,9,15-16,20-21H2. The largest absolute Gasteiger partial charge is 0.0620 e. The van der Waals surface area contributed by atoms with Crippen molar-refractivity contribution < 1.29 is 0 Å². The predicted molar refractivity (Wildman–Crippen MR) is 183 cm³/mol. The van der Waals surface area contributed by atoms with Crippen molar-refractivity contribution >= 4 is 10.8 Å². The van der Waals surface area contributed by atoms with Crippen molar-refractivity contribution in [2.45, 2.75) is 73.0 Å². The minimum atomic E-state index is 0.185. The molecular weight excluding hydrogens is 553 g/mol. The normalized spacial score (nSPS) is 30.7. The van der Waals surface area contributed by atoms with E-state index in [1.54, 1.807) is 89.0 Å². The van der Waals surface area contributed by atoms with Crippen LogP contribution in [0, 0.1) is 0 Å². The van der Waals surface area contributed by atoms with Gasteiger partial charge in [0, 0.05) is 40.9 Å². The summed E-state index contributed by atoms with van der Waals surface area (Å²) in [5, 5.41) is 2.96. The Balaban J connectivity index is 0.923. The maximum absolute atomic E-state index is 2.68. The highest BCUT2D eigenvalue weighted by atomic mass is 14.6. The summed E-state index contributed by atoms with van der Waals surface area (Å²) in [6.07, 6.45) is 6.20. The second-order valence-corrected chi connectivity index (χ2v) is 16.3. The van der Waals surface area contributed by atoms with E-state index in [2.05, 4.69) is 97.1 Å². The quantitative estimate of drug-likeness (QED) is 0.167. The smallest absolute Gasteiger partial charge is 0.0227 e. The van der Waals surface area contributed by atoms with Gasteiger partial charge in [0.05, 0.1) is 0 Å². The van der Waals surface area contributed by atoms with E-state index in [4.69, 9.17) is 0 Å². The molecule has 0 saturated heterocycles. The van der Waals surface area contributed by atoms with E-state index in [-0.39, 0.29) is 5.41 Å². The van der Waals surface area contributed by atoms with E-state index < -0.39 is 0 Å². The summed E-state index contributed by atoms with van der Waals surface area (Å²) >= 11 is 0. The molecule has 0 aromatic heterocycles. The molecule has 46 heavy (non-hydrogen) atoms. The van der Waals surface area contributed by atoms with E-state index in [9.17, 15) is 0 Å². The minimum Gasteiger partial charge on any atom is -0.0620 e. The molecule has 0 fully saturated rings. The van der Waals surface area contributed by atoms with Crippen LogP contribution in [-0.2, 0) is 11.8 Å². The highest BCUT2D eigenvalue weighted by Gasteiger charge is 2.57. The fourth-order valence-electron chi connectivity index (χ4n) is 13.1. The molecule has 6 aromatic carbocycles. The van der Waals surface area contributed by atoms with Crippen LogP contribution in [-0.4, -0.2) is 0 Å². The predicted octanol–water partition coefficient (Wildman–Crippen LogP) is 10.4. The second kappa shape index (κ2) is 7.11. The Morgan fingerprint density at radius 2 is 0.870 bits per heavy atom. The van der Waals surface area contributed by atoms with Gasteiger partial charge >= 0.3 is 0 Å². The van der Waals surface area contributed by atoms with Crippen LogP contribution >= 0.6 is 0 Å². The molecule has 0 radical (unpaired) electrons. The van der Waals surface area contributed by atoms with Crippen LogP contribution in [0.3, 0.4) is 0 Å². The van der Waals surface area contributed by atoms with E-state index in [1.807, 2.05) is 0 Å². The minimum absolute atomic E-state index is 0.185. The van der Waals surface area contributed by atoms with Crippen LogP contribution in [0.15, 0.2) is 97.1 Å². The maximum atomic E-state index is 2.68. The molecule has 7 unspecified atom stereocenters. The molecule has 0 N–H and O–H groups in total. The van der Waals surface area contributed by atoms with Crippen molar-refractivity contribution in [1.82, 2.24) is 0 Å². The molecule has 8 aliphatic carbocycles. The zero-order chi connectivity index (χ0) is 29.2. The SMILES string of the molecule is c1ccc2c(c1)Cc1cc3c4cc1C2CC41CC3c2cc3cc4c(cc3cc21)C1CC4c2cc3c(cc21)C1CC3c2ccccc21. The van der Waals surface area contributed by atoms with Crippen LogP contribution in [0.1, 0.15) is 150 Å². The van der Waals surface area contributed by atoms with Gasteiger partial charge in [0.25, 0.3) is 0 Å². The maximum Gasteiger partial charge on any atom is 0.0227 e. The third-order valence-electron chi connectivity index (χ3n) is 14.8. The molecule has 6 aromatic rings. The molecule has 0 saturated carbocycles.